The van der Waals surface area contributed by atoms with Crippen LogP contribution in [0.15, 0.2) is 24.3 Å². The van der Waals surface area contributed by atoms with E-state index in [1.54, 1.807) is 0 Å². The number of benzene rings is 1. The van der Waals surface area contributed by atoms with Crippen LogP contribution in [-0.2, 0) is 82.0 Å². The molecule has 0 aromatic heterocycles. The van der Waals surface area contributed by atoms with Gasteiger partial charge >= 0.3 is 35.8 Å². The van der Waals surface area contributed by atoms with Crippen molar-refractivity contribution in [2.24, 2.45) is 0 Å². The maximum absolute atomic E-state index is 12.6. The molecular formula is C33H43NO18. The van der Waals surface area contributed by atoms with Gasteiger partial charge in [-0.25, -0.2) is 0 Å². The number of hydrogen-bond acceptors (Lipinski definition) is 18. The third-order valence-electron chi connectivity index (χ3n) is 7.63. The molecular weight excluding hydrogens is 698 g/mol. The molecule has 0 saturated carbocycles. The summed E-state index contributed by atoms with van der Waals surface area (Å²) in [5.74, 6) is -7.97. The van der Waals surface area contributed by atoms with Crippen molar-refractivity contribution in [1.82, 2.24) is 5.32 Å². The molecule has 288 valence electrons. The second-order valence-corrected chi connectivity index (χ2v) is 11.8. The van der Waals surface area contributed by atoms with Crippen molar-refractivity contribution < 1.29 is 86.0 Å². The van der Waals surface area contributed by atoms with Gasteiger partial charge < -0.3 is 57.8 Å². The minimum absolute atomic E-state index is 0.0442. The molecule has 2 aliphatic heterocycles. The fourth-order valence-electron chi connectivity index (χ4n) is 5.74. The van der Waals surface area contributed by atoms with Gasteiger partial charge in [-0.05, 0) is 24.3 Å². The summed E-state index contributed by atoms with van der Waals surface area (Å²) in [6.07, 6.45) is -13.0. The van der Waals surface area contributed by atoms with E-state index in [1.807, 2.05) is 0 Å². The topological polar surface area (TPSA) is 244 Å². The average molecular weight is 742 g/mol. The number of nitrogens with one attached hydrogen (secondary N) is 1. The molecule has 0 radical (unpaired) electrons. The minimum atomic E-state index is -2.50. The predicted molar refractivity (Wildman–Crippen MR) is 168 cm³/mol. The molecule has 0 bridgehead atoms. The molecule has 2 fully saturated rings. The Morgan fingerprint density at radius 1 is 0.654 bits per heavy atom. The molecule has 52 heavy (non-hydrogen) atoms. The summed E-state index contributed by atoms with van der Waals surface area (Å²) in [6, 6.07) is 4.17. The Morgan fingerprint density at radius 3 is 1.62 bits per heavy atom. The number of hydrogen-bond donors (Lipinski definition) is 2. The van der Waals surface area contributed by atoms with E-state index in [4.69, 9.17) is 47.4 Å². The number of ether oxygens (including phenoxy) is 10. The summed E-state index contributed by atoms with van der Waals surface area (Å²) < 4.78 is 56.2. The summed E-state index contributed by atoms with van der Waals surface area (Å²) in [7, 11) is 1.42. The molecule has 1 aromatic rings. The molecule has 0 spiro atoms. The fourth-order valence-corrected chi connectivity index (χ4v) is 5.74. The third-order valence-corrected chi connectivity index (χ3v) is 7.63. The number of aliphatic hydroxyl groups is 1. The van der Waals surface area contributed by atoms with Crippen molar-refractivity contribution in [2.75, 3.05) is 20.3 Å². The van der Waals surface area contributed by atoms with E-state index in [-0.39, 0.29) is 5.56 Å². The Morgan fingerprint density at radius 2 is 1.13 bits per heavy atom. The molecule has 19 nitrogen and oxygen atoms in total. The smallest absolute Gasteiger partial charge is 0.303 e. The van der Waals surface area contributed by atoms with E-state index in [1.165, 1.54) is 31.4 Å². The van der Waals surface area contributed by atoms with E-state index >= 15 is 0 Å². The van der Waals surface area contributed by atoms with Crippen LogP contribution in [0.1, 0.15) is 54.0 Å². The summed E-state index contributed by atoms with van der Waals surface area (Å²) in [5.41, 5.74) is 0.0442. The third kappa shape index (κ3) is 10.8. The largest absolute Gasteiger partial charge is 0.497 e. The number of rotatable bonds is 13. The lowest BCUT2D eigenvalue weighted by molar-refractivity contribution is -0.371. The molecule has 10 atom stereocenters. The SMILES string of the molecule is COc1ccc([C@]2(O)O[C@H](COC(C)=O)[C@@H](O[C@@H]3O[C@H](COC(C)=O)[C@H](OC(C)=O)[C@H](OC(C)=O)[C@H]3OC(C)=O)[C@H](OC(C)=O)[C@H]2NC(C)=O)cc1. The summed E-state index contributed by atoms with van der Waals surface area (Å²) in [5, 5.41) is 14.8. The zero-order chi connectivity index (χ0) is 38.9. The molecule has 2 saturated heterocycles. The summed E-state index contributed by atoms with van der Waals surface area (Å²) in [6.45, 7) is 6.22. The van der Waals surface area contributed by atoms with Gasteiger partial charge in [-0.2, -0.15) is 0 Å². The van der Waals surface area contributed by atoms with Crippen molar-refractivity contribution in [3.63, 3.8) is 0 Å². The Hall–Kier alpha value is -4.85. The van der Waals surface area contributed by atoms with Gasteiger partial charge in [-0.1, -0.05) is 0 Å². The predicted octanol–water partition coefficient (Wildman–Crippen LogP) is -0.293. The van der Waals surface area contributed by atoms with Crippen LogP contribution in [0.2, 0.25) is 0 Å². The number of carbonyl (C=O) groups is 7. The number of amides is 1. The van der Waals surface area contributed by atoms with Crippen LogP contribution in [-0.4, -0.2) is 122 Å². The number of esters is 6. The van der Waals surface area contributed by atoms with Crippen LogP contribution in [0, 0.1) is 0 Å². The van der Waals surface area contributed by atoms with Crippen molar-refractivity contribution in [3.05, 3.63) is 29.8 Å². The van der Waals surface area contributed by atoms with Crippen LogP contribution in [0.3, 0.4) is 0 Å². The van der Waals surface area contributed by atoms with Crippen molar-refractivity contribution in [1.29, 1.82) is 0 Å². The van der Waals surface area contributed by atoms with Gasteiger partial charge in [0.2, 0.25) is 11.7 Å². The first kappa shape index (κ1) is 41.6. The normalized spacial score (nSPS) is 29.8. The van der Waals surface area contributed by atoms with Crippen LogP contribution in [0.25, 0.3) is 0 Å². The highest BCUT2D eigenvalue weighted by atomic mass is 16.8. The highest BCUT2D eigenvalue weighted by Gasteiger charge is 2.61. The van der Waals surface area contributed by atoms with E-state index in [0.29, 0.717) is 5.75 Å². The molecule has 2 aliphatic rings. The molecule has 3 rings (SSSR count). The zero-order valence-electron chi connectivity index (χ0n) is 29.8. The van der Waals surface area contributed by atoms with E-state index < -0.39 is 116 Å². The second-order valence-electron chi connectivity index (χ2n) is 11.8. The standard InChI is InChI=1S/C33H43NO18/c1-15(35)34-31-29(48-20(6)40)27(25(14-45-17(3)37)52-33(31,42)22-9-11-23(43-8)12-10-22)51-32-30(49-21(7)41)28(47-19(5)39)26(46-18(4)38)24(50-32)13-44-16(2)36/h9-12,24-32,42H,13-14H2,1-8H3,(H,34,35)/t24-,25-,26+,27-,28+,29+,30-,31-,32+,33+/m1/s1. The van der Waals surface area contributed by atoms with Crippen molar-refractivity contribution in [3.8, 4) is 5.75 Å². The molecule has 2 N–H and O–H groups in total. The Balaban J connectivity index is 2.24. The van der Waals surface area contributed by atoms with Crippen LogP contribution >= 0.6 is 0 Å². The lowest BCUT2D eigenvalue weighted by Gasteiger charge is -2.52. The van der Waals surface area contributed by atoms with Crippen LogP contribution < -0.4 is 10.1 Å². The van der Waals surface area contributed by atoms with Gasteiger partial charge in [0.05, 0.1) is 7.11 Å². The van der Waals surface area contributed by atoms with Gasteiger partial charge in [-0.15, -0.1) is 0 Å². The zero-order valence-corrected chi connectivity index (χ0v) is 29.8. The quantitative estimate of drug-likeness (QED) is 0.195. The van der Waals surface area contributed by atoms with E-state index in [2.05, 4.69) is 5.32 Å². The molecule has 0 aliphatic carbocycles. The Bertz CT molecular complexity index is 1480. The maximum atomic E-state index is 12.6. The Labute approximate surface area is 298 Å². The lowest BCUT2D eigenvalue weighted by atomic mass is 9.85. The first-order valence-electron chi connectivity index (χ1n) is 15.9. The molecule has 0 unspecified atom stereocenters. The fraction of sp³-hybridized carbons (Fsp3) is 0.606. The first-order valence-corrected chi connectivity index (χ1v) is 15.9. The number of carbonyl (C=O) groups excluding carboxylic acids is 7. The van der Waals surface area contributed by atoms with Gasteiger partial charge in [0.15, 0.2) is 30.7 Å². The molecule has 2 heterocycles. The second kappa shape index (κ2) is 18.1. The average Bonchev–Trinajstić information content (AvgIpc) is 3.03. The Kier molecular flexibility index (Phi) is 14.4. The highest BCUT2D eigenvalue weighted by Crippen LogP contribution is 2.41. The van der Waals surface area contributed by atoms with Gasteiger partial charge in [-0.3, -0.25) is 33.6 Å². The molecule has 1 amide bonds. The molecule has 19 heteroatoms. The minimum Gasteiger partial charge on any atom is -0.497 e. The van der Waals surface area contributed by atoms with Gasteiger partial charge in [0, 0.05) is 54.0 Å². The summed E-state index contributed by atoms with van der Waals surface area (Å²) >= 11 is 0. The maximum Gasteiger partial charge on any atom is 0.303 e. The summed E-state index contributed by atoms with van der Waals surface area (Å²) in [4.78, 5) is 86.0. The van der Waals surface area contributed by atoms with Gasteiger partial charge in [0.1, 0.15) is 43.3 Å². The van der Waals surface area contributed by atoms with E-state index in [0.717, 1.165) is 48.5 Å². The van der Waals surface area contributed by atoms with Crippen LogP contribution in [0.4, 0.5) is 0 Å². The number of methoxy groups -OCH3 is 1. The van der Waals surface area contributed by atoms with Crippen LogP contribution in [0.5, 0.6) is 5.75 Å². The van der Waals surface area contributed by atoms with Crippen molar-refractivity contribution in [2.45, 2.75) is 109 Å². The first-order chi connectivity index (χ1) is 24.4. The lowest BCUT2D eigenvalue weighted by Crippen LogP contribution is -2.71. The van der Waals surface area contributed by atoms with Crippen molar-refractivity contribution >= 4 is 41.7 Å². The monoisotopic (exact) mass is 741 g/mol. The van der Waals surface area contributed by atoms with E-state index in [9.17, 15) is 38.7 Å². The van der Waals surface area contributed by atoms with Gasteiger partial charge in [0.25, 0.3) is 0 Å². The molecule has 1 aromatic carbocycles. The highest BCUT2D eigenvalue weighted by molar-refractivity contribution is 5.74.